The number of carbonyl (C=O) groups is 2. The molecule has 1 saturated carbocycles. The second-order valence-electron chi connectivity index (χ2n) is 7.86. The minimum Gasteiger partial charge on any atom is -0.475 e. The molecule has 2 aromatic heterocycles. The van der Waals surface area contributed by atoms with E-state index in [0.717, 1.165) is 31.5 Å². The summed E-state index contributed by atoms with van der Waals surface area (Å²) < 4.78 is 71.1. The van der Waals surface area contributed by atoms with Crippen molar-refractivity contribution in [1.29, 1.82) is 0 Å². The summed E-state index contributed by atoms with van der Waals surface area (Å²) in [5.74, 6) is -3.59. The highest BCUT2D eigenvalue weighted by atomic mass is 19.4. The fourth-order valence-electron chi connectivity index (χ4n) is 3.20. The van der Waals surface area contributed by atoms with Crippen LogP contribution >= 0.6 is 0 Å². The molecule has 1 atom stereocenters. The largest absolute Gasteiger partial charge is 0.490 e. The van der Waals surface area contributed by atoms with Gasteiger partial charge in [0.25, 0.3) is 0 Å². The molecule has 36 heavy (non-hydrogen) atoms. The quantitative estimate of drug-likeness (QED) is 0.564. The molecule has 0 spiro atoms. The first-order valence-corrected chi connectivity index (χ1v) is 10.4. The van der Waals surface area contributed by atoms with Crippen LogP contribution in [0.25, 0.3) is 0 Å². The number of hydrogen-bond acceptors (Lipinski definition) is 7. The van der Waals surface area contributed by atoms with E-state index in [0.29, 0.717) is 12.5 Å². The number of fused-ring (bicyclic) bond motifs is 1. The average molecular weight is 527 g/mol. The van der Waals surface area contributed by atoms with Gasteiger partial charge in [-0.15, -0.1) is 0 Å². The van der Waals surface area contributed by atoms with Gasteiger partial charge in [0, 0.05) is 44.1 Å². The van der Waals surface area contributed by atoms with Crippen molar-refractivity contribution in [2.75, 3.05) is 25.2 Å². The molecule has 0 aromatic carbocycles. The molecule has 2 aliphatic rings. The number of aromatic nitrogens is 4. The van der Waals surface area contributed by atoms with Gasteiger partial charge >= 0.3 is 24.3 Å². The molecule has 3 heterocycles. The summed E-state index contributed by atoms with van der Waals surface area (Å²) >= 11 is 0. The lowest BCUT2D eigenvalue weighted by molar-refractivity contribution is -0.193. The van der Waals surface area contributed by atoms with E-state index in [9.17, 15) is 26.3 Å². The van der Waals surface area contributed by atoms with Gasteiger partial charge in [0.15, 0.2) is 0 Å². The molecule has 0 bridgehead atoms. The molecule has 1 fully saturated rings. The Morgan fingerprint density at radius 3 is 2.03 bits per heavy atom. The van der Waals surface area contributed by atoms with Crippen molar-refractivity contribution in [2.45, 2.75) is 44.2 Å². The Morgan fingerprint density at radius 1 is 1.06 bits per heavy atom. The van der Waals surface area contributed by atoms with E-state index in [1.807, 2.05) is 12.3 Å². The number of methoxy groups -OCH3 is 1. The zero-order valence-corrected chi connectivity index (χ0v) is 18.8. The lowest BCUT2D eigenvalue weighted by atomic mass is 9.95. The van der Waals surface area contributed by atoms with Crippen LogP contribution in [-0.2, 0) is 27.4 Å². The molecule has 2 aromatic rings. The van der Waals surface area contributed by atoms with Gasteiger partial charge < -0.3 is 19.8 Å². The number of rotatable bonds is 5. The molecule has 1 unspecified atom stereocenters. The summed E-state index contributed by atoms with van der Waals surface area (Å²) in [7, 11) is 1.76. The van der Waals surface area contributed by atoms with Gasteiger partial charge in [0.1, 0.15) is 0 Å². The van der Waals surface area contributed by atoms with Crippen LogP contribution in [0.1, 0.15) is 30.0 Å². The Hall–Kier alpha value is -3.43. The van der Waals surface area contributed by atoms with Crippen molar-refractivity contribution in [3.8, 4) is 0 Å². The van der Waals surface area contributed by atoms with Gasteiger partial charge in [0.05, 0.1) is 25.0 Å². The molecular formula is C20H23F6N5O5. The highest BCUT2D eigenvalue weighted by molar-refractivity contribution is 5.73. The molecule has 16 heteroatoms. The van der Waals surface area contributed by atoms with Crippen LogP contribution in [0, 0.1) is 5.92 Å². The SMILES string of the molecule is COCC1CN(c2ncccn2)Cc2c1cnn2CC1CC1.O=C(O)C(F)(F)F.O=C(O)C(F)(F)F. The fourth-order valence-corrected chi connectivity index (χ4v) is 3.20. The number of carboxylic acid groups (broad SMARTS) is 2. The molecular weight excluding hydrogens is 504 g/mol. The van der Waals surface area contributed by atoms with Gasteiger partial charge in [-0.25, -0.2) is 19.6 Å². The van der Waals surface area contributed by atoms with E-state index in [1.165, 1.54) is 24.1 Å². The van der Waals surface area contributed by atoms with Crippen LogP contribution in [0.2, 0.25) is 0 Å². The highest BCUT2D eigenvalue weighted by Gasteiger charge is 2.39. The number of carboxylic acids is 2. The van der Waals surface area contributed by atoms with Gasteiger partial charge in [-0.05, 0) is 24.8 Å². The first kappa shape index (κ1) is 28.8. The second kappa shape index (κ2) is 12.0. The summed E-state index contributed by atoms with van der Waals surface area (Å²) in [6.07, 6.45) is -1.87. The van der Waals surface area contributed by atoms with E-state index < -0.39 is 24.3 Å². The Bertz CT molecular complexity index is 987. The van der Waals surface area contributed by atoms with Gasteiger partial charge in [-0.3, -0.25) is 4.68 Å². The van der Waals surface area contributed by atoms with Crippen molar-refractivity contribution in [3.05, 3.63) is 35.9 Å². The van der Waals surface area contributed by atoms with Crippen LogP contribution < -0.4 is 4.90 Å². The summed E-state index contributed by atoms with van der Waals surface area (Å²) in [5, 5.41) is 18.9. The fraction of sp³-hybridized carbons (Fsp3) is 0.550. The minimum absolute atomic E-state index is 0.325. The molecule has 2 N–H and O–H groups in total. The third-order valence-corrected chi connectivity index (χ3v) is 5.02. The topological polar surface area (TPSA) is 131 Å². The first-order chi connectivity index (χ1) is 16.7. The lowest BCUT2D eigenvalue weighted by Gasteiger charge is -2.33. The normalized spacial score (nSPS) is 17.2. The van der Waals surface area contributed by atoms with Crippen molar-refractivity contribution in [1.82, 2.24) is 19.7 Å². The predicted molar refractivity (Wildman–Crippen MR) is 110 cm³/mol. The summed E-state index contributed by atoms with van der Waals surface area (Å²) in [4.78, 5) is 28.8. The van der Waals surface area contributed by atoms with Gasteiger partial charge in [0.2, 0.25) is 5.95 Å². The zero-order valence-electron chi connectivity index (χ0n) is 18.8. The number of halogens is 6. The minimum atomic E-state index is -5.08. The number of anilines is 1. The predicted octanol–water partition coefficient (Wildman–Crippen LogP) is 3.10. The van der Waals surface area contributed by atoms with E-state index in [4.69, 9.17) is 24.5 Å². The van der Waals surface area contributed by atoms with Gasteiger partial charge in [-0.1, -0.05) is 0 Å². The summed E-state index contributed by atoms with van der Waals surface area (Å²) in [6.45, 7) is 3.44. The standard InChI is InChI=1S/C16H21N5O.2C2HF3O2/c1-22-11-13-9-20(16-17-5-2-6-18-16)10-15-14(13)7-19-21(15)8-12-3-4-12;2*3-2(4,5)1(6)7/h2,5-7,12-13H,3-4,8-11H2,1H3;2*(H,6,7). The molecule has 1 aliphatic carbocycles. The van der Waals surface area contributed by atoms with Crippen molar-refractivity contribution < 1.29 is 50.9 Å². The molecule has 200 valence electrons. The molecule has 0 radical (unpaired) electrons. The van der Waals surface area contributed by atoms with Crippen LogP contribution in [0.3, 0.4) is 0 Å². The number of hydrogen-bond donors (Lipinski definition) is 2. The maximum absolute atomic E-state index is 10.6. The summed E-state index contributed by atoms with van der Waals surface area (Å²) in [5.41, 5.74) is 2.63. The molecule has 0 saturated heterocycles. The molecule has 1 aliphatic heterocycles. The number of nitrogens with zero attached hydrogens (tertiary/aromatic N) is 5. The lowest BCUT2D eigenvalue weighted by Crippen LogP contribution is -2.37. The molecule has 10 nitrogen and oxygen atoms in total. The number of alkyl halides is 6. The maximum Gasteiger partial charge on any atom is 0.490 e. The van der Waals surface area contributed by atoms with E-state index >= 15 is 0 Å². The van der Waals surface area contributed by atoms with Crippen LogP contribution in [0.5, 0.6) is 0 Å². The van der Waals surface area contributed by atoms with E-state index in [2.05, 4.69) is 24.6 Å². The third-order valence-electron chi connectivity index (χ3n) is 5.02. The summed E-state index contributed by atoms with van der Waals surface area (Å²) in [6, 6.07) is 1.85. The number of aliphatic carboxylic acids is 2. The van der Waals surface area contributed by atoms with E-state index in [-0.39, 0.29) is 0 Å². The Balaban J connectivity index is 0.000000271. The Kier molecular flexibility index (Phi) is 9.61. The van der Waals surface area contributed by atoms with E-state index in [1.54, 1.807) is 19.5 Å². The zero-order chi connectivity index (χ0) is 27.1. The van der Waals surface area contributed by atoms with Crippen molar-refractivity contribution >= 4 is 17.9 Å². The molecule has 0 amide bonds. The smallest absolute Gasteiger partial charge is 0.475 e. The monoisotopic (exact) mass is 527 g/mol. The Labute approximate surface area is 200 Å². The second-order valence-corrected chi connectivity index (χ2v) is 7.86. The van der Waals surface area contributed by atoms with Crippen molar-refractivity contribution in [2.24, 2.45) is 5.92 Å². The van der Waals surface area contributed by atoms with Crippen molar-refractivity contribution in [3.63, 3.8) is 0 Å². The van der Waals surface area contributed by atoms with Crippen LogP contribution in [0.4, 0.5) is 32.3 Å². The maximum atomic E-state index is 10.6. The van der Waals surface area contributed by atoms with Crippen LogP contribution in [-0.4, -0.2) is 74.5 Å². The Morgan fingerprint density at radius 2 is 1.58 bits per heavy atom. The average Bonchev–Trinajstić information content (AvgIpc) is 3.52. The highest BCUT2D eigenvalue weighted by Crippen LogP contribution is 2.34. The first-order valence-electron chi connectivity index (χ1n) is 10.4. The van der Waals surface area contributed by atoms with Gasteiger partial charge in [-0.2, -0.15) is 31.4 Å². The van der Waals surface area contributed by atoms with Crippen LogP contribution in [0.15, 0.2) is 24.7 Å². The third kappa shape index (κ3) is 8.66. The molecule has 4 rings (SSSR count). The number of ether oxygens (including phenoxy) is 1.